The number of ether oxygens (including phenoxy) is 1. The lowest BCUT2D eigenvalue weighted by Gasteiger charge is -2.13. The van der Waals surface area contributed by atoms with Gasteiger partial charge < -0.3 is 20.7 Å². The Morgan fingerprint density at radius 1 is 0.828 bits per heavy atom. The van der Waals surface area contributed by atoms with Crippen LogP contribution in [0.3, 0.4) is 0 Å². The van der Waals surface area contributed by atoms with E-state index in [1.54, 1.807) is 31.4 Å². The van der Waals surface area contributed by atoms with E-state index in [0.717, 1.165) is 11.3 Å². The van der Waals surface area contributed by atoms with Gasteiger partial charge in [-0.1, -0.05) is 54.6 Å². The van der Waals surface area contributed by atoms with Crippen molar-refractivity contribution in [3.8, 4) is 5.75 Å². The van der Waals surface area contributed by atoms with Crippen LogP contribution in [0.2, 0.25) is 0 Å². The standard InChI is InChI=1S/C23H23N3O3/c1-29-21-14-8-7-13-20(21)24-16-22(27)26-19-12-6-5-11-18(19)23(28)25-15-17-9-3-2-4-10-17/h2-14,24H,15-16H2,1H3,(H,25,28)(H,26,27). The van der Waals surface area contributed by atoms with Crippen LogP contribution in [0, 0.1) is 0 Å². The normalized spacial score (nSPS) is 10.1. The number of nitrogens with one attached hydrogen (secondary N) is 3. The Labute approximate surface area is 169 Å². The summed E-state index contributed by atoms with van der Waals surface area (Å²) in [6.07, 6.45) is 0. The Morgan fingerprint density at radius 3 is 2.24 bits per heavy atom. The number of hydrogen-bond donors (Lipinski definition) is 3. The molecule has 0 atom stereocenters. The number of hydrogen-bond acceptors (Lipinski definition) is 4. The van der Waals surface area contributed by atoms with Gasteiger partial charge in [0.25, 0.3) is 5.91 Å². The van der Waals surface area contributed by atoms with Gasteiger partial charge in [0.1, 0.15) is 5.75 Å². The Bertz CT molecular complexity index is 974. The third-order valence-corrected chi connectivity index (χ3v) is 4.29. The fourth-order valence-corrected chi connectivity index (χ4v) is 2.82. The van der Waals surface area contributed by atoms with Gasteiger partial charge in [0.2, 0.25) is 5.91 Å². The van der Waals surface area contributed by atoms with Crippen LogP contribution in [0.25, 0.3) is 0 Å². The van der Waals surface area contributed by atoms with Crippen molar-refractivity contribution in [1.29, 1.82) is 0 Å². The van der Waals surface area contributed by atoms with Crippen molar-refractivity contribution in [2.24, 2.45) is 0 Å². The number of anilines is 2. The monoisotopic (exact) mass is 389 g/mol. The summed E-state index contributed by atoms with van der Waals surface area (Å²) in [5.41, 5.74) is 2.60. The SMILES string of the molecule is COc1ccccc1NCC(=O)Nc1ccccc1C(=O)NCc1ccccc1. The van der Waals surface area contributed by atoms with Gasteiger partial charge >= 0.3 is 0 Å². The van der Waals surface area contributed by atoms with Gasteiger partial charge in [-0.2, -0.15) is 0 Å². The summed E-state index contributed by atoms with van der Waals surface area (Å²) in [4.78, 5) is 25.0. The molecule has 0 aliphatic rings. The van der Waals surface area contributed by atoms with Crippen molar-refractivity contribution in [1.82, 2.24) is 5.32 Å². The van der Waals surface area contributed by atoms with Gasteiger partial charge in [0.05, 0.1) is 30.6 Å². The summed E-state index contributed by atoms with van der Waals surface area (Å²) in [6, 6.07) is 23.9. The zero-order chi connectivity index (χ0) is 20.5. The molecular weight excluding hydrogens is 366 g/mol. The van der Waals surface area contributed by atoms with Crippen LogP contribution in [0.1, 0.15) is 15.9 Å². The largest absolute Gasteiger partial charge is 0.495 e. The molecule has 29 heavy (non-hydrogen) atoms. The Balaban J connectivity index is 1.60. The van der Waals surface area contributed by atoms with Crippen molar-refractivity contribution in [2.45, 2.75) is 6.54 Å². The van der Waals surface area contributed by atoms with Gasteiger partial charge in [0, 0.05) is 6.54 Å². The number of methoxy groups -OCH3 is 1. The molecule has 0 aliphatic heterocycles. The molecule has 0 spiro atoms. The molecule has 2 amide bonds. The lowest BCUT2D eigenvalue weighted by Crippen LogP contribution is -2.26. The van der Waals surface area contributed by atoms with E-state index in [0.29, 0.717) is 23.5 Å². The van der Waals surface area contributed by atoms with Crippen LogP contribution in [-0.4, -0.2) is 25.5 Å². The predicted octanol–water partition coefficient (Wildman–Crippen LogP) is 3.68. The third-order valence-electron chi connectivity index (χ3n) is 4.29. The molecule has 0 radical (unpaired) electrons. The van der Waals surface area contributed by atoms with Gasteiger partial charge in [-0.15, -0.1) is 0 Å². The van der Waals surface area contributed by atoms with Crippen LogP contribution in [0.15, 0.2) is 78.9 Å². The fourth-order valence-electron chi connectivity index (χ4n) is 2.82. The van der Waals surface area contributed by atoms with Crippen molar-refractivity contribution < 1.29 is 14.3 Å². The number of benzene rings is 3. The van der Waals surface area contributed by atoms with Gasteiger partial charge in [-0.3, -0.25) is 9.59 Å². The fraction of sp³-hybridized carbons (Fsp3) is 0.130. The molecule has 0 aromatic heterocycles. The molecule has 3 N–H and O–H groups in total. The second kappa shape index (κ2) is 9.94. The molecule has 0 heterocycles. The second-order valence-corrected chi connectivity index (χ2v) is 6.32. The summed E-state index contributed by atoms with van der Waals surface area (Å²) in [5, 5.41) is 8.72. The maximum Gasteiger partial charge on any atom is 0.253 e. The zero-order valence-corrected chi connectivity index (χ0v) is 16.1. The van der Waals surface area contributed by atoms with E-state index >= 15 is 0 Å². The van der Waals surface area contributed by atoms with Crippen molar-refractivity contribution in [3.05, 3.63) is 90.0 Å². The highest BCUT2D eigenvalue weighted by atomic mass is 16.5. The summed E-state index contributed by atoms with van der Waals surface area (Å²) < 4.78 is 5.26. The number of para-hydroxylation sites is 3. The number of carbonyl (C=O) groups is 2. The predicted molar refractivity (Wildman–Crippen MR) is 114 cm³/mol. The van der Waals surface area contributed by atoms with E-state index < -0.39 is 0 Å². The summed E-state index contributed by atoms with van der Waals surface area (Å²) in [7, 11) is 1.57. The maximum atomic E-state index is 12.6. The first-order chi connectivity index (χ1) is 14.2. The average Bonchev–Trinajstić information content (AvgIpc) is 2.77. The maximum absolute atomic E-state index is 12.6. The molecule has 0 saturated carbocycles. The first kappa shape index (κ1) is 19.9. The number of amides is 2. The van der Waals surface area contributed by atoms with E-state index in [2.05, 4.69) is 16.0 Å². The quantitative estimate of drug-likeness (QED) is 0.549. The number of carbonyl (C=O) groups excluding carboxylic acids is 2. The molecule has 0 fully saturated rings. The van der Waals surface area contributed by atoms with Crippen molar-refractivity contribution in [2.75, 3.05) is 24.3 Å². The molecule has 148 valence electrons. The highest BCUT2D eigenvalue weighted by molar-refractivity contribution is 6.04. The van der Waals surface area contributed by atoms with Crippen molar-refractivity contribution >= 4 is 23.2 Å². The lowest BCUT2D eigenvalue weighted by atomic mass is 10.1. The molecule has 0 unspecified atom stereocenters. The molecule has 3 rings (SSSR count). The Kier molecular flexibility index (Phi) is 6.84. The van der Waals surface area contributed by atoms with Gasteiger partial charge in [0.15, 0.2) is 0 Å². The van der Waals surface area contributed by atoms with E-state index in [-0.39, 0.29) is 18.4 Å². The van der Waals surface area contributed by atoms with Gasteiger partial charge in [-0.25, -0.2) is 0 Å². The minimum absolute atomic E-state index is 0.0420. The summed E-state index contributed by atoms with van der Waals surface area (Å²) >= 11 is 0. The van der Waals surface area contributed by atoms with E-state index in [1.165, 1.54) is 0 Å². The highest BCUT2D eigenvalue weighted by Crippen LogP contribution is 2.22. The molecule has 6 heteroatoms. The first-order valence-corrected chi connectivity index (χ1v) is 9.25. The third kappa shape index (κ3) is 5.59. The lowest BCUT2D eigenvalue weighted by molar-refractivity contribution is -0.114. The molecule has 0 bridgehead atoms. The minimum atomic E-state index is -0.265. The van der Waals surface area contributed by atoms with E-state index in [9.17, 15) is 9.59 Å². The van der Waals surface area contributed by atoms with Gasteiger partial charge in [-0.05, 0) is 29.8 Å². The van der Waals surface area contributed by atoms with Crippen molar-refractivity contribution in [3.63, 3.8) is 0 Å². The van der Waals surface area contributed by atoms with Crippen LogP contribution in [0.4, 0.5) is 11.4 Å². The smallest absolute Gasteiger partial charge is 0.253 e. The molecule has 0 aliphatic carbocycles. The molecule has 3 aromatic rings. The summed E-state index contributed by atoms with van der Waals surface area (Å²) in [5.74, 6) is 0.141. The second-order valence-electron chi connectivity index (χ2n) is 6.32. The number of rotatable bonds is 8. The van der Waals surface area contributed by atoms with Crippen LogP contribution in [-0.2, 0) is 11.3 Å². The topological polar surface area (TPSA) is 79.5 Å². The average molecular weight is 389 g/mol. The Hall–Kier alpha value is -3.80. The van der Waals surface area contributed by atoms with E-state index in [4.69, 9.17) is 4.74 Å². The molecule has 6 nitrogen and oxygen atoms in total. The van der Waals surface area contributed by atoms with E-state index in [1.807, 2.05) is 54.6 Å². The van der Waals surface area contributed by atoms with Crippen LogP contribution >= 0.6 is 0 Å². The zero-order valence-electron chi connectivity index (χ0n) is 16.1. The Morgan fingerprint density at radius 2 is 1.48 bits per heavy atom. The molecule has 3 aromatic carbocycles. The summed E-state index contributed by atoms with van der Waals surface area (Å²) in [6.45, 7) is 0.456. The first-order valence-electron chi connectivity index (χ1n) is 9.25. The molecule has 0 saturated heterocycles. The highest BCUT2D eigenvalue weighted by Gasteiger charge is 2.13. The minimum Gasteiger partial charge on any atom is -0.495 e. The van der Waals surface area contributed by atoms with Crippen LogP contribution in [0.5, 0.6) is 5.75 Å². The van der Waals surface area contributed by atoms with Crippen LogP contribution < -0.4 is 20.7 Å². The molecular formula is C23H23N3O3.